The lowest BCUT2D eigenvalue weighted by molar-refractivity contribution is 0.368. The molecule has 0 amide bonds. The lowest BCUT2D eigenvalue weighted by Crippen LogP contribution is -1.82. The minimum Gasteiger partial charge on any atom is -0.504 e. The van der Waals surface area contributed by atoms with Gasteiger partial charge in [0.2, 0.25) is 0 Å². The van der Waals surface area contributed by atoms with Crippen LogP contribution in [0.3, 0.4) is 0 Å². The van der Waals surface area contributed by atoms with Crippen molar-refractivity contribution >= 4 is 23.8 Å². The maximum atomic E-state index is 9.40. The van der Waals surface area contributed by atoms with Crippen LogP contribution < -0.4 is 0 Å². The standard InChI is InChI=1S/C15H10ClNO3/c16-12-4-3-10(11(7-12)8-17)2-1-9-5-13(18)15(20)14(19)6-9/h1-7,18-20H. The Morgan fingerprint density at radius 1 is 1.00 bits per heavy atom. The average Bonchev–Trinajstić information content (AvgIpc) is 2.43. The van der Waals surface area contributed by atoms with Crippen LogP contribution >= 0.6 is 11.6 Å². The molecule has 0 aliphatic heterocycles. The molecule has 2 aromatic rings. The van der Waals surface area contributed by atoms with E-state index in [9.17, 15) is 15.3 Å². The van der Waals surface area contributed by atoms with Crippen LogP contribution in [-0.2, 0) is 0 Å². The fourth-order valence-electron chi connectivity index (χ4n) is 1.68. The molecule has 2 rings (SSSR count). The molecule has 2 aromatic carbocycles. The number of nitrogens with zero attached hydrogens (tertiary/aromatic N) is 1. The quantitative estimate of drug-likeness (QED) is 0.583. The van der Waals surface area contributed by atoms with E-state index >= 15 is 0 Å². The Morgan fingerprint density at radius 2 is 1.65 bits per heavy atom. The highest BCUT2D eigenvalue weighted by Gasteiger charge is 2.06. The minimum atomic E-state index is -0.564. The number of rotatable bonds is 2. The van der Waals surface area contributed by atoms with Gasteiger partial charge >= 0.3 is 0 Å². The van der Waals surface area contributed by atoms with Crippen molar-refractivity contribution in [3.05, 3.63) is 52.0 Å². The summed E-state index contributed by atoms with van der Waals surface area (Å²) in [5, 5.41) is 37.5. The van der Waals surface area contributed by atoms with E-state index in [2.05, 4.69) is 0 Å². The van der Waals surface area contributed by atoms with Crippen LogP contribution in [-0.4, -0.2) is 15.3 Å². The van der Waals surface area contributed by atoms with Crippen LogP contribution in [0.5, 0.6) is 17.2 Å². The Morgan fingerprint density at radius 3 is 2.25 bits per heavy atom. The molecule has 0 fully saturated rings. The highest BCUT2D eigenvalue weighted by molar-refractivity contribution is 6.30. The number of aromatic hydroxyl groups is 3. The Balaban J connectivity index is 2.38. The summed E-state index contributed by atoms with van der Waals surface area (Å²) in [4.78, 5) is 0. The van der Waals surface area contributed by atoms with Crippen molar-refractivity contribution in [2.75, 3.05) is 0 Å². The molecule has 0 aliphatic carbocycles. The second kappa shape index (κ2) is 5.55. The van der Waals surface area contributed by atoms with Crippen molar-refractivity contribution in [2.24, 2.45) is 0 Å². The van der Waals surface area contributed by atoms with E-state index in [1.165, 1.54) is 12.1 Å². The molecule has 0 bridgehead atoms. The van der Waals surface area contributed by atoms with Gasteiger partial charge in [0.25, 0.3) is 0 Å². The predicted octanol–water partition coefficient (Wildman–Crippen LogP) is 3.50. The Kier molecular flexibility index (Phi) is 3.83. The van der Waals surface area contributed by atoms with Gasteiger partial charge < -0.3 is 15.3 Å². The van der Waals surface area contributed by atoms with Crippen molar-refractivity contribution in [3.63, 3.8) is 0 Å². The van der Waals surface area contributed by atoms with E-state index in [-0.39, 0.29) is 0 Å². The molecule has 0 spiro atoms. The molecule has 20 heavy (non-hydrogen) atoms. The average molecular weight is 288 g/mol. The van der Waals surface area contributed by atoms with E-state index in [0.29, 0.717) is 21.7 Å². The van der Waals surface area contributed by atoms with E-state index in [4.69, 9.17) is 16.9 Å². The third-order valence-corrected chi connectivity index (χ3v) is 2.92. The SMILES string of the molecule is N#Cc1cc(Cl)ccc1C=Cc1cc(O)c(O)c(O)c1. The summed E-state index contributed by atoms with van der Waals surface area (Å²) in [6.45, 7) is 0. The summed E-state index contributed by atoms with van der Waals surface area (Å²) in [7, 11) is 0. The summed E-state index contributed by atoms with van der Waals surface area (Å²) in [5.41, 5.74) is 1.56. The fraction of sp³-hybridized carbons (Fsp3) is 0. The molecule has 0 saturated carbocycles. The van der Waals surface area contributed by atoms with Crippen LogP contribution in [0, 0.1) is 11.3 Å². The van der Waals surface area contributed by atoms with Gasteiger partial charge in [0.1, 0.15) is 0 Å². The zero-order valence-corrected chi connectivity index (χ0v) is 11.0. The highest BCUT2D eigenvalue weighted by Crippen LogP contribution is 2.35. The monoisotopic (exact) mass is 287 g/mol. The first-order valence-electron chi connectivity index (χ1n) is 5.64. The maximum Gasteiger partial charge on any atom is 0.200 e. The third kappa shape index (κ3) is 2.85. The van der Waals surface area contributed by atoms with Crippen molar-refractivity contribution in [2.45, 2.75) is 0 Å². The topological polar surface area (TPSA) is 84.5 Å². The van der Waals surface area contributed by atoms with E-state index < -0.39 is 17.2 Å². The molecular weight excluding hydrogens is 278 g/mol. The van der Waals surface area contributed by atoms with Crippen LogP contribution in [0.2, 0.25) is 5.02 Å². The van der Waals surface area contributed by atoms with Gasteiger partial charge in [-0.15, -0.1) is 0 Å². The van der Waals surface area contributed by atoms with E-state index in [1.54, 1.807) is 30.4 Å². The van der Waals surface area contributed by atoms with Crippen LogP contribution in [0.15, 0.2) is 30.3 Å². The van der Waals surface area contributed by atoms with Gasteiger partial charge in [-0.3, -0.25) is 0 Å². The molecule has 0 unspecified atom stereocenters. The number of hydrogen-bond donors (Lipinski definition) is 3. The third-order valence-electron chi connectivity index (χ3n) is 2.68. The normalized spacial score (nSPS) is 10.6. The molecule has 3 N–H and O–H groups in total. The Labute approximate surface area is 120 Å². The molecule has 0 aliphatic rings. The Hall–Kier alpha value is -2.64. The number of nitriles is 1. The van der Waals surface area contributed by atoms with Crippen molar-refractivity contribution in [1.29, 1.82) is 5.26 Å². The molecule has 5 heteroatoms. The molecule has 4 nitrogen and oxygen atoms in total. The fourth-order valence-corrected chi connectivity index (χ4v) is 1.85. The lowest BCUT2D eigenvalue weighted by Gasteiger charge is -2.03. The zero-order chi connectivity index (χ0) is 14.7. The number of hydrogen-bond acceptors (Lipinski definition) is 4. The van der Waals surface area contributed by atoms with Gasteiger partial charge in [-0.25, -0.2) is 0 Å². The first kappa shape index (κ1) is 13.8. The maximum absolute atomic E-state index is 9.40. The largest absolute Gasteiger partial charge is 0.504 e. The first-order valence-corrected chi connectivity index (χ1v) is 6.01. The molecule has 100 valence electrons. The highest BCUT2D eigenvalue weighted by atomic mass is 35.5. The molecule has 0 saturated heterocycles. The second-order valence-electron chi connectivity index (χ2n) is 4.08. The summed E-state index contributed by atoms with van der Waals surface area (Å²) in [6, 6.07) is 9.53. The van der Waals surface area contributed by atoms with Gasteiger partial charge in [-0.1, -0.05) is 29.8 Å². The molecule has 0 atom stereocenters. The van der Waals surface area contributed by atoms with Crippen molar-refractivity contribution in [3.8, 4) is 23.3 Å². The summed E-state index contributed by atoms with van der Waals surface area (Å²) >= 11 is 5.80. The first-order chi connectivity index (χ1) is 9.51. The molecule has 0 heterocycles. The minimum absolute atomic E-state index is 0.415. The molecule has 0 radical (unpaired) electrons. The van der Waals surface area contributed by atoms with Gasteiger partial charge in [-0.05, 0) is 35.4 Å². The zero-order valence-electron chi connectivity index (χ0n) is 10.2. The summed E-state index contributed by atoms with van der Waals surface area (Å²) in [6.07, 6.45) is 3.25. The van der Waals surface area contributed by atoms with E-state index in [1.807, 2.05) is 6.07 Å². The van der Waals surface area contributed by atoms with E-state index in [0.717, 1.165) is 0 Å². The lowest BCUT2D eigenvalue weighted by atomic mass is 10.1. The molecular formula is C15H10ClNO3. The summed E-state index contributed by atoms with van der Waals surface area (Å²) in [5.74, 6) is -1.39. The summed E-state index contributed by atoms with van der Waals surface area (Å²) < 4.78 is 0. The van der Waals surface area contributed by atoms with Gasteiger partial charge in [0.05, 0.1) is 11.6 Å². The van der Waals surface area contributed by atoms with Crippen molar-refractivity contribution in [1.82, 2.24) is 0 Å². The number of phenolic OH excluding ortho intramolecular Hbond substituents is 3. The predicted molar refractivity (Wildman–Crippen MR) is 76.5 cm³/mol. The number of halogens is 1. The van der Waals surface area contributed by atoms with Gasteiger partial charge in [-0.2, -0.15) is 5.26 Å². The number of benzene rings is 2. The Bertz CT molecular complexity index is 709. The van der Waals surface area contributed by atoms with Crippen LogP contribution in [0.25, 0.3) is 12.2 Å². The van der Waals surface area contributed by atoms with Crippen LogP contribution in [0.4, 0.5) is 0 Å². The smallest absolute Gasteiger partial charge is 0.200 e. The van der Waals surface area contributed by atoms with Gasteiger partial charge in [0.15, 0.2) is 17.2 Å². The molecule has 0 aromatic heterocycles. The van der Waals surface area contributed by atoms with Crippen molar-refractivity contribution < 1.29 is 15.3 Å². The number of phenols is 3. The second-order valence-corrected chi connectivity index (χ2v) is 4.52. The van der Waals surface area contributed by atoms with Crippen LogP contribution in [0.1, 0.15) is 16.7 Å². The van der Waals surface area contributed by atoms with Gasteiger partial charge in [0, 0.05) is 5.02 Å².